The summed E-state index contributed by atoms with van der Waals surface area (Å²) in [5, 5.41) is 2.71. The highest BCUT2D eigenvalue weighted by atomic mass is 19.1. The number of carbonyl (C=O) groups excluding carboxylic acids is 2. The monoisotopic (exact) mass is 331 g/mol. The molecule has 0 aliphatic heterocycles. The van der Waals surface area contributed by atoms with Crippen LogP contribution in [-0.4, -0.2) is 26.1 Å². The van der Waals surface area contributed by atoms with E-state index in [4.69, 9.17) is 9.47 Å². The third kappa shape index (κ3) is 3.90. The smallest absolute Gasteiger partial charge is 0.341 e. The van der Waals surface area contributed by atoms with E-state index in [1.165, 1.54) is 26.4 Å². The third-order valence-electron chi connectivity index (χ3n) is 3.57. The van der Waals surface area contributed by atoms with Crippen LogP contribution in [0.25, 0.3) is 0 Å². The van der Waals surface area contributed by atoms with Crippen LogP contribution in [0, 0.1) is 12.7 Å². The molecule has 0 radical (unpaired) electrons. The predicted molar refractivity (Wildman–Crippen MR) is 86.6 cm³/mol. The lowest BCUT2D eigenvalue weighted by Gasteiger charge is -2.11. The van der Waals surface area contributed by atoms with E-state index in [-0.39, 0.29) is 23.6 Å². The molecule has 1 amide bonds. The Balaban J connectivity index is 2.15. The second-order valence-electron chi connectivity index (χ2n) is 5.17. The molecule has 0 heterocycles. The summed E-state index contributed by atoms with van der Waals surface area (Å²) in [6.07, 6.45) is 0. The molecular weight excluding hydrogens is 313 g/mol. The van der Waals surface area contributed by atoms with Gasteiger partial charge in [-0.25, -0.2) is 9.18 Å². The van der Waals surface area contributed by atoms with Gasteiger partial charge in [0, 0.05) is 12.1 Å². The number of carbonyl (C=O) groups is 2. The van der Waals surface area contributed by atoms with Crippen LogP contribution in [0.1, 0.15) is 31.8 Å². The van der Waals surface area contributed by atoms with Crippen LogP contribution in [0.2, 0.25) is 0 Å². The number of aryl methyl sites for hydroxylation is 1. The first-order valence-electron chi connectivity index (χ1n) is 7.26. The standard InChI is InChI=1S/C18H18FNO4/c1-11-4-6-13(19)9-14(11)17(21)20-10-12-5-7-16(23-2)15(8-12)18(22)24-3/h4-9H,10H2,1-3H3,(H,20,21). The fraction of sp³-hybridized carbons (Fsp3) is 0.222. The summed E-state index contributed by atoms with van der Waals surface area (Å²) in [5.41, 5.74) is 1.92. The van der Waals surface area contributed by atoms with Crippen molar-refractivity contribution in [3.05, 3.63) is 64.5 Å². The van der Waals surface area contributed by atoms with E-state index in [0.717, 1.165) is 0 Å². The second kappa shape index (κ2) is 7.59. The van der Waals surface area contributed by atoms with Gasteiger partial charge in [-0.15, -0.1) is 0 Å². The Bertz CT molecular complexity index is 774. The number of rotatable bonds is 5. The number of ether oxygens (including phenoxy) is 2. The summed E-state index contributed by atoms with van der Waals surface area (Å²) >= 11 is 0. The van der Waals surface area contributed by atoms with Gasteiger partial charge in [0.25, 0.3) is 5.91 Å². The lowest BCUT2D eigenvalue weighted by molar-refractivity contribution is 0.0597. The molecule has 0 saturated carbocycles. The number of nitrogens with one attached hydrogen (secondary N) is 1. The molecular formula is C18H18FNO4. The minimum atomic E-state index is -0.527. The zero-order valence-corrected chi connectivity index (χ0v) is 13.7. The molecule has 0 spiro atoms. The predicted octanol–water partition coefficient (Wildman–Crippen LogP) is 2.86. The van der Waals surface area contributed by atoms with Crippen LogP contribution in [-0.2, 0) is 11.3 Å². The molecule has 0 aliphatic carbocycles. The van der Waals surface area contributed by atoms with Crippen molar-refractivity contribution in [1.82, 2.24) is 5.32 Å². The molecule has 5 nitrogen and oxygen atoms in total. The molecule has 0 saturated heterocycles. The topological polar surface area (TPSA) is 64.6 Å². The average Bonchev–Trinajstić information content (AvgIpc) is 2.60. The Morgan fingerprint density at radius 1 is 1.08 bits per heavy atom. The van der Waals surface area contributed by atoms with E-state index in [1.54, 1.807) is 31.2 Å². The van der Waals surface area contributed by atoms with Gasteiger partial charge in [-0.2, -0.15) is 0 Å². The van der Waals surface area contributed by atoms with Gasteiger partial charge in [0.1, 0.15) is 17.1 Å². The first-order chi connectivity index (χ1) is 11.5. The van der Waals surface area contributed by atoms with Gasteiger partial charge in [-0.3, -0.25) is 4.79 Å². The fourth-order valence-corrected chi connectivity index (χ4v) is 2.25. The molecule has 24 heavy (non-hydrogen) atoms. The summed E-state index contributed by atoms with van der Waals surface area (Å²) in [5.74, 6) is -0.996. The summed E-state index contributed by atoms with van der Waals surface area (Å²) in [7, 11) is 2.74. The molecule has 126 valence electrons. The molecule has 0 aliphatic rings. The molecule has 0 atom stereocenters. The minimum Gasteiger partial charge on any atom is -0.496 e. The van der Waals surface area contributed by atoms with E-state index in [1.807, 2.05) is 0 Å². The molecule has 2 aromatic rings. The van der Waals surface area contributed by atoms with Crippen LogP contribution < -0.4 is 10.1 Å². The molecule has 2 aromatic carbocycles. The van der Waals surface area contributed by atoms with Crippen LogP contribution in [0.5, 0.6) is 5.75 Å². The fourth-order valence-electron chi connectivity index (χ4n) is 2.25. The zero-order chi connectivity index (χ0) is 17.7. The highest BCUT2D eigenvalue weighted by Crippen LogP contribution is 2.21. The summed E-state index contributed by atoms with van der Waals surface area (Å²) in [6, 6.07) is 8.98. The Morgan fingerprint density at radius 3 is 2.50 bits per heavy atom. The summed E-state index contributed by atoms with van der Waals surface area (Å²) in [6.45, 7) is 1.92. The van der Waals surface area contributed by atoms with E-state index in [2.05, 4.69) is 5.32 Å². The molecule has 1 N–H and O–H groups in total. The van der Waals surface area contributed by atoms with Crippen LogP contribution in [0.15, 0.2) is 36.4 Å². The largest absolute Gasteiger partial charge is 0.496 e. The van der Waals surface area contributed by atoms with Gasteiger partial charge in [0.15, 0.2) is 0 Å². The lowest BCUT2D eigenvalue weighted by atomic mass is 10.1. The van der Waals surface area contributed by atoms with Gasteiger partial charge in [0.05, 0.1) is 14.2 Å². The molecule has 0 fully saturated rings. The van der Waals surface area contributed by atoms with Gasteiger partial charge in [-0.05, 0) is 42.3 Å². The van der Waals surface area contributed by atoms with Gasteiger partial charge in [-0.1, -0.05) is 12.1 Å². The van der Waals surface area contributed by atoms with Crippen LogP contribution in [0.4, 0.5) is 4.39 Å². The minimum absolute atomic E-state index is 0.183. The molecule has 0 aromatic heterocycles. The maximum Gasteiger partial charge on any atom is 0.341 e. The molecule has 0 bridgehead atoms. The summed E-state index contributed by atoms with van der Waals surface area (Å²) < 4.78 is 23.1. The van der Waals surface area contributed by atoms with Crippen molar-refractivity contribution < 1.29 is 23.5 Å². The third-order valence-corrected chi connectivity index (χ3v) is 3.57. The van der Waals surface area contributed by atoms with Crippen molar-refractivity contribution in [1.29, 1.82) is 0 Å². The van der Waals surface area contributed by atoms with Gasteiger partial charge >= 0.3 is 5.97 Å². The second-order valence-corrected chi connectivity index (χ2v) is 5.17. The number of amides is 1. The lowest BCUT2D eigenvalue weighted by Crippen LogP contribution is -2.24. The van der Waals surface area contributed by atoms with Crippen LogP contribution in [0.3, 0.4) is 0 Å². The Hall–Kier alpha value is -2.89. The highest BCUT2D eigenvalue weighted by molar-refractivity contribution is 5.95. The van der Waals surface area contributed by atoms with Crippen molar-refractivity contribution in [3.63, 3.8) is 0 Å². The van der Waals surface area contributed by atoms with E-state index < -0.39 is 11.8 Å². The first kappa shape index (κ1) is 17.5. The molecule has 6 heteroatoms. The van der Waals surface area contributed by atoms with Crippen molar-refractivity contribution in [3.8, 4) is 5.75 Å². The number of esters is 1. The average molecular weight is 331 g/mol. The van der Waals surface area contributed by atoms with Gasteiger partial charge in [0.2, 0.25) is 0 Å². The quantitative estimate of drug-likeness (QED) is 0.856. The number of benzene rings is 2. The van der Waals surface area contributed by atoms with Crippen molar-refractivity contribution in [2.75, 3.05) is 14.2 Å². The van der Waals surface area contributed by atoms with Crippen molar-refractivity contribution in [2.45, 2.75) is 13.5 Å². The van der Waals surface area contributed by atoms with Crippen LogP contribution >= 0.6 is 0 Å². The number of hydrogen-bond acceptors (Lipinski definition) is 4. The normalized spacial score (nSPS) is 10.2. The maximum atomic E-state index is 13.3. The number of methoxy groups -OCH3 is 2. The maximum absolute atomic E-state index is 13.3. The Morgan fingerprint density at radius 2 is 1.83 bits per heavy atom. The SMILES string of the molecule is COC(=O)c1cc(CNC(=O)c2cc(F)ccc2C)ccc1OC. The van der Waals surface area contributed by atoms with Gasteiger partial charge < -0.3 is 14.8 Å². The Kier molecular flexibility index (Phi) is 5.52. The molecule has 0 unspecified atom stereocenters. The first-order valence-corrected chi connectivity index (χ1v) is 7.26. The Labute approximate surface area is 139 Å². The zero-order valence-electron chi connectivity index (χ0n) is 13.7. The molecule has 2 rings (SSSR count). The highest BCUT2D eigenvalue weighted by Gasteiger charge is 2.14. The van der Waals surface area contributed by atoms with E-state index in [9.17, 15) is 14.0 Å². The van der Waals surface area contributed by atoms with Crippen molar-refractivity contribution >= 4 is 11.9 Å². The van der Waals surface area contributed by atoms with Crippen molar-refractivity contribution in [2.24, 2.45) is 0 Å². The van der Waals surface area contributed by atoms with E-state index in [0.29, 0.717) is 16.9 Å². The summed E-state index contributed by atoms with van der Waals surface area (Å²) in [4.78, 5) is 24.0. The number of hydrogen-bond donors (Lipinski definition) is 1. The van der Waals surface area contributed by atoms with E-state index >= 15 is 0 Å². The number of halogens is 1.